The van der Waals surface area contributed by atoms with E-state index in [1.165, 1.54) is 0 Å². The number of carbonyl (C=O) groups is 3. The Morgan fingerprint density at radius 3 is 2.18 bits per heavy atom. The van der Waals surface area contributed by atoms with E-state index in [1.54, 1.807) is 25.7 Å². The maximum atomic E-state index is 13.6. The van der Waals surface area contributed by atoms with Gasteiger partial charge < -0.3 is 20.3 Å². The normalized spacial score (nSPS) is 12.9. The first-order valence-electron chi connectivity index (χ1n) is 11.6. The number of anilines is 1. The number of carbonyl (C=O) groups excluding carboxylic acids is 3. The maximum Gasteiger partial charge on any atom is 0.408 e. The molecular formula is C27H37N3O4. The SMILES string of the molecule is CCC(C)N(C(=O)CNC(=O)OC(C)(C)C)C(C(=O)Nc1ccccc1C)c1ccc(C)cc1. The van der Waals surface area contributed by atoms with Gasteiger partial charge in [0.2, 0.25) is 5.91 Å². The average molecular weight is 468 g/mol. The van der Waals surface area contributed by atoms with Crippen molar-refractivity contribution in [2.75, 3.05) is 11.9 Å². The summed E-state index contributed by atoms with van der Waals surface area (Å²) in [6.07, 6.45) is -0.0424. The number of aryl methyl sites for hydroxylation is 2. The van der Waals surface area contributed by atoms with E-state index in [-0.39, 0.29) is 24.4 Å². The highest BCUT2D eigenvalue weighted by molar-refractivity contribution is 5.99. The van der Waals surface area contributed by atoms with E-state index in [1.807, 2.05) is 76.2 Å². The van der Waals surface area contributed by atoms with Crippen LogP contribution >= 0.6 is 0 Å². The molecule has 0 fully saturated rings. The second kappa shape index (κ2) is 11.7. The summed E-state index contributed by atoms with van der Waals surface area (Å²) in [5, 5.41) is 5.52. The molecule has 3 amide bonds. The second-order valence-corrected chi connectivity index (χ2v) is 9.53. The van der Waals surface area contributed by atoms with E-state index in [9.17, 15) is 14.4 Å². The Bertz CT molecular complexity index is 996. The van der Waals surface area contributed by atoms with Crippen molar-refractivity contribution in [3.05, 3.63) is 65.2 Å². The summed E-state index contributed by atoms with van der Waals surface area (Å²) in [6, 6.07) is 13.9. The van der Waals surface area contributed by atoms with Crippen molar-refractivity contribution >= 4 is 23.6 Å². The van der Waals surface area contributed by atoms with Crippen molar-refractivity contribution < 1.29 is 19.1 Å². The van der Waals surface area contributed by atoms with Crippen LogP contribution in [-0.4, -0.2) is 41.0 Å². The van der Waals surface area contributed by atoms with Gasteiger partial charge in [0.1, 0.15) is 18.2 Å². The zero-order chi connectivity index (χ0) is 25.5. The van der Waals surface area contributed by atoms with Gasteiger partial charge in [-0.15, -0.1) is 0 Å². The Hall–Kier alpha value is -3.35. The molecule has 2 rings (SSSR count). The van der Waals surface area contributed by atoms with Crippen LogP contribution in [0.1, 0.15) is 63.8 Å². The maximum absolute atomic E-state index is 13.6. The van der Waals surface area contributed by atoms with Gasteiger partial charge in [-0.2, -0.15) is 0 Å². The topological polar surface area (TPSA) is 87.7 Å². The van der Waals surface area contributed by atoms with Gasteiger partial charge in [0.25, 0.3) is 5.91 Å². The van der Waals surface area contributed by atoms with Crippen molar-refractivity contribution in [2.45, 2.75) is 72.6 Å². The number of benzene rings is 2. The van der Waals surface area contributed by atoms with Gasteiger partial charge in [0, 0.05) is 11.7 Å². The van der Waals surface area contributed by atoms with E-state index < -0.39 is 17.7 Å². The molecule has 2 unspecified atom stereocenters. The van der Waals surface area contributed by atoms with Crippen LogP contribution < -0.4 is 10.6 Å². The summed E-state index contributed by atoms with van der Waals surface area (Å²) in [6.45, 7) is 12.7. The molecule has 0 heterocycles. The standard InChI is InChI=1S/C27H37N3O4/c1-8-20(4)30(23(31)17-28-26(33)34-27(5,6)7)24(21-15-13-18(2)14-16-21)25(32)29-22-12-10-9-11-19(22)3/h9-16,20,24H,8,17H2,1-7H3,(H,28,33)(H,29,32). The van der Waals surface area contributed by atoms with Crippen LogP contribution in [0, 0.1) is 13.8 Å². The van der Waals surface area contributed by atoms with Crippen LogP contribution in [0.15, 0.2) is 48.5 Å². The molecule has 2 aromatic carbocycles. The van der Waals surface area contributed by atoms with Crippen molar-refractivity contribution in [1.82, 2.24) is 10.2 Å². The summed E-state index contributed by atoms with van der Waals surface area (Å²) < 4.78 is 5.25. The molecule has 7 heteroatoms. The first kappa shape index (κ1) is 26.9. The smallest absolute Gasteiger partial charge is 0.408 e. The average Bonchev–Trinajstić information content (AvgIpc) is 2.76. The van der Waals surface area contributed by atoms with E-state index in [4.69, 9.17) is 4.74 Å². The molecule has 0 aliphatic carbocycles. The lowest BCUT2D eigenvalue weighted by Crippen LogP contribution is -2.50. The first-order valence-corrected chi connectivity index (χ1v) is 11.6. The number of ether oxygens (including phenoxy) is 1. The number of hydrogen-bond acceptors (Lipinski definition) is 4. The summed E-state index contributed by atoms with van der Waals surface area (Å²) in [7, 11) is 0. The lowest BCUT2D eigenvalue weighted by atomic mass is 9.99. The quantitative estimate of drug-likeness (QED) is 0.563. The van der Waals surface area contributed by atoms with E-state index in [0.29, 0.717) is 17.7 Å². The third-order valence-corrected chi connectivity index (χ3v) is 5.46. The monoisotopic (exact) mass is 467 g/mol. The minimum absolute atomic E-state index is 0.248. The Morgan fingerprint density at radius 1 is 1.00 bits per heavy atom. The Morgan fingerprint density at radius 2 is 1.62 bits per heavy atom. The summed E-state index contributed by atoms with van der Waals surface area (Å²) >= 11 is 0. The second-order valence-electron chi connectivity index (χ2n) is 9.53. The predicted molar refractivity (Wildman–Crippen MR) is 135 cm³/mol. The molecule has 7 nitrogen and oxygen atoms in total. The Kier molecular flexibility index (Phi) is 9.24. The molecule has 0 radical (unpaired) electrons. The lowest BCUT2D eigenvalue weighted by molar-refractivity contribution is -0.140. The van der Waals surface area contributed by atoms with E-state index in [2.05, 4.69) is 10.6 Å². The van der Waals surface area contributed by atoms with Crippen LogP contribution in [0.5, 0.6) is 0 Å². The Labute approximate surface area is 202 Å². The van der Waals surface area contributed by atoms with Crippen molar-refractivity contribution in [3.8, 4) is 0 Å². The highest BCUT2D eigenvalue weighted by Gasteiger charge is 2.34. The molecule has 0 aromatic heterocycles. The Balaban J connectivity index is 2.38. The number of hydrogen-bond donors (Lipinski definition) is 2. The molecule has 2 atom stereocenters. The number of alkyl carbamates (subject to hydrolysis) is 1. The van der Waals surface area contributed by atoms with Gasteiger partial charge in [0.15, 0.2) is 0 Å². The van der Waals surface area contributed by atoms with Crippen molar-refractivity contribution in [3.63, 3.8) is 0 Å². The molecule has 0 saturated carbocycles. The number of nitrogens with zero attached hydrogens (tertiary/aromatic N) is 1. The zero-order valence-corrected chi connectivity index (χ0v) is 21.3. The molecule has 0 aliphatic heterocycles. The van der Waals surface area contributed by atoms with Crippen LogP contribution in [0.4, 0.5) is 10.5 Å². The fraction of sp³-hybridized carbons (Fsp3) is 0.444. The summed E-state index contributed by atoms with van der Waals surface area (Å²) in [5.41, 5.74) is 2.68. The largest absolute Gasteiger partial charge is 0.444 e. The molecule has 0 bridgehead atoms. The van der Waals surface area contributed by atoms with Crippen LogP contribution in [-0.2, 0) is 14.3 Å². The first-order chi connectivity index (χ1) is 15.9. The number of amides is 3. The molecule has 2 aromatic rings. The third-order valence-electron chi connectivity index (χ3n) is 5.46. The number of rotatable bonds is 8. The fourth-order valence-electron chi connectivity index (χ4n) is 3.50. The summed E-state index contributed by atoms with van der Waals surface area (Å²) in [4.78, 5) is 40.7. The summed E-state index contributed by atoms with van der Waals surface area (Å²) in [5.74, 6) is -0.685. The van der Waals surface area contributed by atoms with Crippen molar-refractivity contribution in [2.24, 2.45) is 0 Å². The van der Waals surface area contributed by atoms with E-state index >= 15 is 0 Å². The molecule has 0 saturated heterocycles. The van der Waals surface area contributed by atoms with E-state index in [0.717, 1.165) is 11.1 Å². The molecule has 34 heavy (non-hydrogen) atoms. The number of para-hydroxylation sites is 1. The molecule has 184 valence electrons. The molecule has 0 spiro atoms. The zero-order valence-electron chi connectivity index (χ0n) is 21.3. The van der Waals surface area contributed by atoms with Crippen LogP contribution in [0.3, 0.4) is 0 Å². The predicted octanol–water partition coefficient (Wildman–Crippen LogP) is 5.14. The molecule has 0 aliphatic rings. The third kappa shape index (κ3) is 7.61. The lowest BCUT2D eigenvalue weighted by Gasteiger charge is -2.36. The minimum Gasteiger partial charge on any atom is -0.444 e. The molecular weight excluding hydrogens is 430 g/mol. The van der Waals surface area contributed by atoms with Gasteiger partial charge >= 0.3 is 6.09 Å². The minimum atomic E-state index is -0.872. The van der Waals surface area contributed by atoms with Crippen LogP contribution in [0.2, 0.25) is 0 Å². The number of nitrogens with one attached hydrogen (secondary N) is 2. The van der Waals surface area contributed by atoms with Crippen molar-refractivity contribution in [1.29, 1.82) is 0 Å². The fourth-order valence-corrected chi connectivity index (χ4v) is 3.50. The van der Waals surface area contributed by atoms with Gasteiger partial charge in [-0.25, -0.2) is 4.79 Å². The van der Waals surface area contributed by atoms with Gasteiger partial charge in [0.05, 0.1) is 0 Å². The van der Waals surface area contributed by atoms with Crippen LogP contribution in [0.25, 0.3) is 0 Å². The van der Waals surface area contributed by atoms with Gasteiger partial charge in [-0.05, 0) is 65.2 Å². The highest BCUT2D eigenvalue weighted by atomic mass is 16.6. The van der Waals surface area contributed by atoms with Gasteiger partial charge in [-0.3, -0.25) is 9.59 Å². The molecule has 2 N–H and O–H groups in total. The highest BCUT2D eigenvalue weighted by Crippen LogP contribution is 2.27. The van der Waals surface area contributed by atoms with Gasteiger partial charge in [-0.1, -0.05) is 55.0 Å².